The quantitative estimate of drug-likeness (QED) is 0.896. The molecule has 0 aliphatic carbocycles. The van der Waals surface area contributed by atoms with Gasteiger partial charge in [0.2, 0.25) is 0 Å². The summed E-state index contributed by atoms with van der Waals surface area (Å²) in [7, 11) is 0. The van der Waals surface area contributed by atoms with Gasteiger partial charge in [0.25, 0.3) is 0 Å². The smallest absolute Gasteiger partial charge is 0.141 e. The lowest BCUT2D eigenvalue weighted by Gasteiger charge is -2.05. The summed E-state index contributed by atoms with van der Waals surface area (Å²) in [6.45, 7) is 4.82. The van der Waals surface area contributed by atoms with Gasteiger partial charge >= 0.3 is 0 Å². The molecule has 0 saturated carbocycles. The topological polar surface area (TPSA) is 25.2 Å². The number of hydrogen-bond donors (Lipinski definition) is 1. The van der Waals surface area contributed by atoms with Crippen LogP contribution in [0.15, 0.2) is 34.7 Å². The van der Waals surface area contributed by atoms with E-state index >= 15 is 0 Å². The molecular formula is C14H15ClFNO. The number of furan rings is 1. The molecule has 0 aliphatic rings. The van der Waals surface area contributed by atoms with Crippen LogP contribution in [0.1, 0.15) is 19.6 Å². The molecule has 1 N–H and O–H groups in total. The lowest BCUT2D eigenvalue weighted by atomic mass is 10.2. The predicted octanol–water partition coefficient (Wildman–Crippen LogP) is 4.24. The van der Waals surface area contributed by atoms with E-state index in [2.05, 4.69) is 19.2 Å². The maximum absolute atomic E-state index is 13.1. The summed E-state index contributed by atoms with van der Waals surface area (Å²) in [6.07, 6.45) is 0. The van der Waals surface area contributed by atoms with Crippen molar-refractivity contribution in [2.24, 2.45) is 0 Å². The van der Waals surface area contributed by atoms with Crippen LogP contribution in [-0.2, 0) is 6.54 Å². The highest BCUT2D eigenvalue weighted by atomic mass is 35.5. The van der Waals surface area contributed by atoms with Gasteiger partial charge in [-0.15, -0.1) is 0 Å². The molecule has 0 atom stereocenters. The van der Waals surface area contributed by atoms with E-state index in [1.165, 1.54) is 6.07 Å². The van der Waals surface area contributed by atoms with Crippen molar-refractivity contribution in [3.05, 3.63) is 46.9 Å². The Morgan fingerprint density at radius 1 is 1.28 bits per heavy atom. The van der Waals surface area contributed by atoms with Crippen LogP contribution >= 0.6 is 11.6 Å². The highest BCUT2D eigenvalue weighted by molar-refractivity contribution is 6.31. The van der Waals surface area contributed by atoms with E-state index in [4.69, 9.17) is 16.0 Å². The van der Waals surface area contributed by atoms with E-state index in [1.54, 1.807) is 12.1 Å². The van der Waals surface area contributed by atoms with E-state index in [0.29, 0.717) is 18.3 Å². The Labute approximate surface area is 111 Å². The molecule has 0 bridgehead atoms. The Bertz CT molecular complexity index is 536. The molecule has 18 heavy (non-hydrogen) atoms. The normalized spacial score (nSPS) is 11.2. The SMILES string of the molecule is CC(C)NCc1ccc(-c2ccc(F)c(Cl)c2)o1. The van der Waals surface area contributed by atoms with E-state index in [9.17, 15) is 4.39 Å². The number of halogens is 2. The van der Waals surface area contributed by atoms with Crippen LogP contribution in [0.3, 0.4) is 0 Å². The summed E-state index contributed by atoms with van der Waals surface area (Å²) in [5.41, 5.74) is 0.775. The lowest BCUT2D eigenvalue weighted by Crippen LogP contribution is -2.21. The van der Waals surface area contributed by atoms with E-state index < -0.39 is 5.82 Å². The number of nitrogens with one attached hydrogen (secondary N) is 1. The first-order chi connectivity index (χ1) is 8.56. The number of hydrogen-bond acceptors (Lipinski definition) is 2. The van der Waals surface area contributed by atoms with Gasteiger partial charge in [-0.25, -0.2) is 4.39 Å². The molecule has 2 aromatic rings. The average molecular weight is 268 g/mol. The number of rotatable bonds is 4. The summed E-state index contributed by atoms with van der Waals surface area (Å²) in [6, 6.07) is 8.73. The van der Waals surface area contributed by atoms with Crippen molar-refractivity contribution in [1.29, 1.82) is 0 Å². The van der Waals surface area contributed by atoms with Gasteiger partial charge in [-0.1, -0.05) is 25.4 Å². The summed E-state index contributed by atoms with van der Waals surface area (Å²) < 4.78 is 18.7. The largest absolute Gasteiger partial charge is 0.460 e. The van der Waals surface area contributed by atoms with Crippen molar-refractivity contribution in [3.63, 3.8) is 0 Å². The van der Waals surface area contributed by atoms with Gasteiger partial charge in [0.15, 0.2) is 0 Å². The van der Waals surface area contributed by atoms with Crippen molar-refractivity contribution in [1.82, 2.24) is 5.32 Å². The van der Waals surface area contributed by atoms with E-state index in [1.807, 2.05) is 12.1 Å². The molecule has 2 rings (SSSR count). The fourth-order valence-corrected chi connectivity index (χ4v) is 1.76. The summed E-state index contributed by atoms with van der Waals surface area (Å²) >= 11 is 5.74. The van der Waals surface area contributed by atoms with Gasteiger partial charge in [0.1, 0.15) is 17.3 Å². The highest BCUT2D eigenvalue weighted by Crippen LogP contribution is 2.26. The van der Waals surface area contributed by atoms with Crippen LogP contribution in [0.2, 0.25) is 5.02 Å². The first-order valence-electron chi connectivity index (χ1n) is 5.84. The molecule has 0 radical (unpaired) electrons. The van der Waals surface area contributed by atoms with Gasteiger partial charge in [0.05, 0.1) is 11.6 Å². The van der Waals surface area contributed by atoms with E-state index in [0.717, 1.165) is 11.3 Å². The molecule has 96 valence electrons. The Morgan fingerprint density at radius 2 is 2.06 bits per heavy atom. The minimum absolute atomic E-state index is 0.103. The first-order valence-corrected chi connectivity index (χ1v) is 6.21. The second-order valence-electron chi connectivity index (χ2n) is 4.43. The maximum atomic E-state index is 13.1. The van der Waals surface area contributed by atoms with Crippen LogP contribution < -0.4 is 5.32 Å². The molecule has 0 aliphatic heterocycles. The van der Waals surface area contributed by atoms with Crippen LogP contribution in [0, 0.1) is 5.82 Å². The van der Waals surface area contributed by atoms with Gasteiger partial charge < -0.3 is 9.73 Å². The number of benzene rings is 1. The first kappa shape index (κ1) is 13.1. The third-order valence-corrected chi connectivity index (χ3v) is 2.84. The fraction of sp³-hybridized carbons (Fsp3) is 0.286. The van der Waals surface area contributed by atoms with Crippen LogP contribution in [0.4, 0.5) is 4.39 Å². The Balaban J connectivity index is 2.16. The molecule has 0 spiro atoms. The van der Waals surface area contributed by atoms with Crippen LogP contribution in [0.5, 0.6) is 0 Å². The maximum Gasteiger partial charge on any atom is 0.141 e. The Hall–Kier alpha value is -1.32. The zero-order valence-electron chi connectivity index (χ0n) is 10.3. The second kappa shape index (κ2) is 5.55. The Kier molecular flexibility index (Phi) is 4.04. The second-order valence-corrected chi connectivity index (χ2v) is 4.84. The lowest BCUT2D eigenvalue weighted by molar-refractivity contribution is 0.473. The van der Waals surface area contributed by atoms with Crippen molar-refractivity contribution in [3.8, 4) is 11.3 Å². The van der Waals surface area contributed by atoms with Crippen molar-refractivity contribution in [2.45, 2.75) is 26.4 Å². The third-order valence-electron chi connectivity index (χ3n) is 2.55. The van der Waals surface area contributed by atoms with Gasteiger partial charge in [0, 0.05) is 11.6 Å². The molecule has 4 heteroatoms. The third kappa shape index (κ3) is 3.12. The van der Waals surface area contributed by atoms with Gasteiger partial charge in [-0.3, -0.25) is 0 Å². The predicted molar refractivity (Wildman–Crippen MR) is 71.1 cm³/mol. The molecule has 2 nitrogen and oxygen atoms in total. The minimum Gasteiger partial charge on any atom is -0.460 e. The van der Waals surface area contributed by atoms with Gasteiger partial charge in [-0.05, 0) is 30.3 Å². The molecular weight excluding hydrogens is 253 g/mol. The molecule has 0 unspecified atom stereocenters. The monoisotopic (exact) mass is 267 g/mol. The standard InChI is InChI=1S/C14H15ClFNO/c1-9(2)17-8-11-4-6-14(18-11)10-3-5-13(16)12(15)7-10/h3-7,9,17H,8H2,1-2H3. The molecule has 1 heterocycles. The summed E-state index contributed by atoms with van der Waals surface area (Å²) in [5, 5.41) is 3.37. The summed E-state index contributed by atoms with van der Waals surface area (Å²) in [4.78, 5) is 0. The average Bonchev–Trinajstić information content (AvgIpc) is 2.79. The van der Waals surface area contributed by atoms with Crippen LogP contribution in [0.25, 0.3) is 11.3 Å². The molecule has 0 saturated heterocycles. The zero-order valence-corrected chi connectivity index (χ0v) is 11.1. The fourth-order valence-electron chi connectivity index (χ4n) is 1.58. The Morgan fingerprint density at radius 3 is 2.72 bits per heavy atom. The zero-order chi connectivity index (χ0) is 13.1. The molecule has 1 aromatic heterocycles. The highest BCUT2D eigenvalue weighted by Gasteiger charge is 2.07. The van der Waals surface area contributed by atoms with Crippen molar-refractivity contribution < 1.29 is 8.81 Å². The minimum atomic E-state index is -0.423. The van der Waals surface area contributed by atoms with Crippen molar-refractivity contribution >= 4 is 11.6 Å². The van der Waals surface area contributed by atoms with Crippen molar-refractivity contribution in [2.75, 3.05) is 0 Å². The molecule has 1 aromatic carbocycles. The molecule has 0 fully saturated rings. The van der Waals surface area contributed by atoms with Gasteiger partial charge in [-0.2, -0.15) is 0 Å². The summed E-state index contributed by atoms with van der Waals surface area (Å²) in [5.74, 6) is 1.12. The van der Waals surface area contributed by atoms with Crippen LogP contribution in [-0.4, -0.2) is 6.04 Å². The van der Waals surface area contributed by atoms with E-state index in [-0.39, 0.29) is 5.02 Å². The molecule has 0 amide bonds.